The number of alkyl halides is 3. The summed E-state index contributed by atoms with van der Waals surface area (Å²) in [6, 6.07) is 0.471. The van der Waals surface area contributed by atoms with Gasteiger partial charge in [-0.05, 0) is 18.8 Å². The summed E-state index contributed by atoms with van der Waals surface area (Å²) in [6.45, 7) is 3.09. The molecule has 0 saturated heterocycles. The molecule has 1 aliphatic carbocycles. The zero-order valence-electron chi connectivity index (χ0n) is 10.9. The van der Waals surface area contributed by atoms with E-state index in [1.807, 2.05) is 0 Å². The molecule has 0 bridgehead atoms. The summed E-state index contributed by atoms with van der Waals surface area (Å²) in [5.41, 5.74) is 0. The highest BCUT2D eigenvalue weighted by atomic mass is 19.4. The van der Waals surface area contributed by atoms with Crippen LogP contribution in [-0.2, 0) is 4.79 Å². The third kappa shape index (κ3) is 6.83. The lowest BCUT2D eigenvalue weighted by Crippen LogP contribution is -2.42. The van der Waals surface area contributed by atoms with Gasteiger partial charge >= 0.3 is 6.18 Å². The summed E-state index contributed by atoms with van der Waals surface area (Å²) in [5.74, 6) is -0.387. The monoisotopic (exact) mass is 266 g/mol. The molecule has 0 aromatic heterocycles. The minimum atomic E-state index is -4.32. The van der Waals surface area contributed by atoms with Crippen molar-refractivity contribution in [3.05, 3.63) is 0 Å². The van der Waals surface area contributed by atoms with E-state index in [-0.39, 0.29) is 18.9 Å². The number of carbonyl (C=O) groups excluding carboxylic acids is 1. The van der Waals surface area contributed by atoms with Gasteiger partial charge in [0, 0.05) is 25.6 Å². The molecular formula is C12H21F3N2O. The van der Waals surface area contributed by atoms with E-state index in [0.29, 0.717) is 12.6 Å². The van der Waals surface area contributed by atoms with E-state index in [2.05, 4.69) is 5.32 Å². The van der Waals surface area contributed by atoms with Crippen LogP contribution in [0.5, 0.6) is 0 Å². The Morgan fingerprint density at radius 3 is 2.44 bits per heavy atom. The van der Waals surface area contributed by atoms with Gasteiger partial charge in [0.15, 0.2) is 0 Å². The van der Waals surface area contributed by atoms with Crippen LogP contribution in [0.2, 0.25) is 0 Å². The number of nitrogens with zero attached hydrogens (tertiary/aromatic N) is 1. The third-order valence-electron chi connectivity index (χ3n) is 2.66. The fraction of sp³-hybridized carbons (Fsp3) is 0.917. The van der Waals surface area contributed by atoms with Crippen LogP contribution < -0.4 is 5.32 Å². The predicted molar refractivity (Wildman–Crippen MR) is 63.1 cm³/mol. The summed E-state index contributed by atoms with van der Waals surface area (Å²) in [7, 11) is 0. The molecule has 106 valence electrons. The van der Waals surface area contributed by atoms with Crippen molar-refractivity contribution in [1.29, 1.82) is 0 Å². The minimum absolute atomic E-state index is 0.0349. The summed E-state index contributed by atoms with van der Waals surface area (Å²) in [5, 5.41) is 3.13. The lowest BCUT2D eigenvalue weighted by Gasteiger charge is -2.25. The molecule has 6 heteroatoms. The molecule has 0 radical (unpaired) electrons. The molecule has 1 rings (SSSR count). The highest BCUT2D eigenvalue weighted by Gasteiger charge is 2.33. The van der Waals surface area contributed by atoms with Crippen molar-refractivity contribution < 1.29 is 18.0 Å². The lowest BCUT2D eigenvalue weighted by atomic mass is 10.2. The summed E-state index contributed by atoms with van der Waals surface area (Å²) < 4.78 is 37.1. The second-order valence-corrected chi connectivity index (χ2v) is 5.26. The number of amides is 1. The summed E-state index contributed by atoms with van der Waals surface area (Å²) in [6.07, 6.45) is -1.98. The van der Waals surface area contributed by atoms with Gasteiger partial charge < -0.3 is 10.2 Å². The molecule has 1 N–H and O–H groups in total. The number of hydrogen-bond donors (Lipinski definition) is 1. The molecule has 0 atom stereocenters. The van der Waals surface area contributed by atoms with Gasteiger partial charge in [-0.25, -0.2) is 0 Å². The predicted octanol–water partition coefficient (Wildman–Crippen LogP) is 2.18. The van der Waals surface area contributed by atoms with Crippen molar-refractivity contribution in [3.63, 3.8) is 0 Å². The van der Waals surface area contributed by atoms with Crippen LogP contribution in [0.1, 0.15) is 33.1 Å². The maximum atomic E-state index is 12.4. The van der Waals surface area contributed by atoms with Gasteiger partial charge in [-0.15, -0.1) is 0 Å². The van der Waals surface area contributed by atoms with Gasteiger partial charge in [0.1, 0.15) is 6.54 Å². The number of nitrogens with one attached hydrogen (secondary N) is 1. The fourth-order valence-electron chi connectivity index (χ4n) is 1.74. The zero-order valence-corrected chi connectivity index (χ0v) is 10.9. The molecule has 0 heterocycles. The Kier molecular flexibility index (Phi) is 5.44. The molecule has 0 aromatic rings. The molecular weight excluding hydrogens is 245 g/mol. The molecule has 0 aliphatic heterocycles. The average Bonchev–Trinajstić information content (AvgIpc) is 2.97. The molecule has 1 fully saturated rings. The third-order valence-corrected chi connectivity index (χ3v) is 2.66. The van der Waals surface area contributed by atoms with Crippen LogP contribution in [0, 0.1) is 5.92 Å². The quantitative estimate of drug-likeness (QED) is 0.766. The topological polar surface area (TPSA) is 32.3 Å². The SMILES string of the molecule is CC(C)CN(CC(F)(F)F)C(=O)CCNC1CC1. The fourth-order valence-corrected chi connectivity index (χ4v) is 1.74. The van der Waals surface area contributed by atoms with Gasteiger partial charge in [0.2, 0.25) is 5.91 Å². The Morgan fingerprint density at radius 1 is 1.39 bits per heavy atom. The Labute approximate surface area is 106 Å². The number of carbonyl (C=O) groups is 1. The standard InChI is InChI=1S/C12H21F3N2O/c1-9(2)7-17(8-12(13,14)15)11(18)5-6-16-10-3-4-10/h9-10,16H,3-8H2,1-2H3. The number of halogens is 3. The summed E-state index contributed by atoms with van der Waals surface area (Å²) in [4.78, 5) is 12.7. The number of hydrogen-bond acceptors (Lipinski definition) is 2. The Hall–Kier alpha value is -0.780. The van der Waals surface area contributed by atoms with Gasteiger partial charge in [0.05, 0.1) is 0 Å². The van der Waals surface area contributed by atoms with Crippen LogP contribution >= 0.6 is 0 Å². The molecule has 0 aromatic carbocycles. The molecule has 0 unspecified atom stereocenters. The summed E-state index contributed by atoms with van der Waals surface area (Å²) >= 11 is 0. The van der Waals surface area contributed by atoms with E-state index < -0.39 is 18.6 Å². The van der Waals surface area contributed by atoms with Gasteiger partial charge in [-0.2, -0.15) is 13.2 Å². The van der Waals surface area contributed by atoms with Crippen molar-refractivity contribution in [2.45, 2.75) is 45.3 Å². The van der Waals surface area contributed by atoms with Crippen LogP contribution in [0.4, 0.5) is 13.2 Å². The van der Waals surface area contributed by atoms with Crippen LogP contribution in [-0.4, -0.2) is 42.7 Å². The van der Waals surface area contributed by atoms with Crippen molar-refractivity contribution in [2.24, 2.45) is 5.92 Å². The Morgan fingerprint density at radius 2 is 2.00 bits per heavy atom. The zero-order chi connectivity index (χ0) is 13.8. The molecule has 1 amide bonds. The first-order chi connectivity index (χ1) is 8.28. The van der Waals surface area contributed by atoms with Gasteiger partial charge in [-0.3, -0.25) is 4.79 Å². The molecule has 18 heavy (non-hydrogen) atoms. The number of rotatable bonds is 7. The second-order valence-electron chi connectivity index (χ2n) is 5.26. The Balaban J connectivity index is 2.37. The molecule has 1 aliphatic rings. The van der Waals surface area contributed by atoms with E-state index in [1.165, 1.54) is 0 Å². The lowest BCUT2D eigenvalue weighted by molar-refractivity contribution is -0.162. The van der Waals surface area contributed by atoms with Crippen molar-refractivity contribution >= 4 is 5.91 Å². The normalized spacial score (nSPS) is 16.1. The van der Waals surface area contributed by atoms with Gasteiger partial charge in [0.25, 0.3) is 0 Å². The van der Waals surface area contributed by atoms with E-state index >= 15 is 0 Å². The molecule has 1 saturated carbocycles. The molecule has 0 spiro atoms. The van der Waals surface area contributed by atoms with E-state index in [4.69, 9.17) is 0 Å². The largest absolute Gasteiger partial charge is 0.406 e. The maximum Gasteiger partial charge on any atom is 0.406 e. The van der Waals surface area contributed by atoms with Crippen LogP contribution in [0.3, 0.4) is 0 Å². The van der Waals surface area contributed by atoms with E-state index in [0.717, 1.165) is 17.7 Å². The Bertz CT molecular complexity index is 275. The van der Waals surface area contributed by atoms with Crippen molar-refractivity contribution in [3.8, 4) is 0 Å². The first-order valence-corrected chi connectivity index (χ1v) is 6.36. The van der Waals surface area contributed by atoms with Crippen LogP contribution in [0.15, 0.2) is 0 Å². The first kappa shape index (κ1) is 15.3. The minimum Gasteiger partial charge on any atom is -0.333 e. The first-order valence-electron chi connectivity index (χ1n) is 6.36. The smallest absolute Gasteiger partial charge is 0.333 e. The van der Waals surface area contributed by atoms with Crippen molar-refractivity contribution in [1.82, 2.24) is 10.2 Å². The van der Waals surface area contributed by atoms with E-state index in [1.54, 1.807) is 13.8 Å². The maximum absolute atomic E-state index is 12.4. The highest BCUT2D eigenvalue weighted by molar-refractivity contribution is 5.76. The molecule has 3 nitrogen and oxygen atoms in total. The van der Waals surface area contributed by atoms with E-state index in [9.17, 15) is 18.0 Å². The van der Waals surface area contributed by atoms with Crippen molar-refractivity contribution in [2.75, 3.05) is 19.6 Å². The van der Waals surface area contributed by atoms with Gasteiger partial charge in [-0.1, -0.05) is 13.8 Å². The average molecular weight is 266 g/mol. The van der Waals surface area contributed by atoms with Crippen LogP contribution in [0.25, 0.3) is 0 Å². The highest BCUT2D eigenvalue weighted by Crippen LogP contribution is 2.19. The second kappa shape index (κ2) is 6.41.